The van der Waals surface area contributed by atoms with Crippen LogP contribution in [-0.2, 0) is 19.6 Å². The van der Waals surface area contributed by atoms with Gasteiger partial charge in [-0.1, -0.05) is 38.1 Å². The van der Waals surface area contributed by atoms with Gasteiger partial charge in [-0.05, 0) is 66.6 Å². The van der Waals surface area contributed by atoms with E-state index in [1.54, 1.807) is 41.8 Å². The Hall–Kier alpha value is -5.71. The molecule has 8 nitrogen and oxygen atoms in total. The van der Waals surface area contributed by atoms with Gasteiger partial charge < -0.3 is 19.4 Å². The Morgan fingerprint density at radius 1 is 0.872 bits per heavy atom. The summed E-state index contributed by atoms with van der Waals surface area (Å²) >= 11 is 0. The van der Waals surface area contributed by atoms with Gasteiger partial charge in [0.1, 0.15) is 29.9 Å². The number of ether oxygens (including phenoxy) is 1. The van der Waals surface area contributed by atoms with Crippen molar-refractivity contribution in [3.8, 4) is 17.1 Å². The zero-order chi connectivity index (χ0) is 33.7. The summed E-state index contributed by atoms with van der Waals surface area (Å²) in [5.74, 6) is -2.60. The van der Waals surface area contributed by atoms with E-state index < -0.39 is 23.4 Å². The third-order valence-corrected chi connectivity index (χ3v) is 7.37. The normalized spacial score (nSPS) is 10.9. The van der Waals surface area contributed by atoms with Gasteiger partial charge in [0.15, 0.2) is 0 Å². The molecule has 3 heterocycles. The van der Waals surface area contributed by atoms with Crippen molar-refractivity contribution in [1.29, 1.82) is 0 Å². The summed E-state index contributed by atoms with van der Waals surface area (Å²) < 4.78 is 52.5. The minimum atomic E-state index is -1.14. The van der Waals surface area contributed by atoms with Crippen LogP contribution in [0.3, 0.4) is 0 Å². The van der Waals surface area contributed by atoms with Gasteiger partial charge in [0.25, 0.3) is 5.56 Å². The van der Waals surface area contributed by atoms with Crippen LogP contribution in [0, 0.1) is 24.4 Å². The van der Waals surface area contributed by atoms with Gasteiger partial charge in [0.05, 0.1) is 28.8 Å². The number of aromatic amines is 1. The van der Waals surface area contributed by atoms with E-state index in [-0.39, 0.29) is 53.4 Å². The molecule has 0 fully saturated rings. The van der Waals surface area contributed by atoms with E-state index in [9.17, 15) is 19.1 Å². The summed E-state index contributed by atoms with van der Waals surface area (Å²) in [5, 5.41) is 9.51. The van der Waals surface area contributed by atoms with Crippen LogP contribution in [0.1, 0.15) is 52.3 Å². The molecule has 6 rings (SSSR count). The molecule has 0 atom stereocenters. The van der Waals surface area contributed by atoms with Crippen molar-refractivity contribution in [3.63, 3.8) is 0 Å². The molecule has 47 heavy (non-hydrogen) atoms. The van der Waals surface area contributed by atoms with Gasteiger partial charge >= 0.3 is 5.97 Å². The molecule has 240 valence electrons. The average Bonchev–Trinajstić information content (AvgIpc) is 3.40. The van der Waals surface area contributed by atoms with Crippen molar-refractivity contribution < 1.29 is 27.8 Å². The molecule has 0 spiro atoms. The summed E-state index contributed by atoms with van der Waals surface area (Å²) in [6, 6.07) is 19.1. The Kier molecular flexibility index (Phi) is 9.84. The molecule has 0 aliphatic heterocycles. The number of halogens is 3. The molecule has 0 radical (unpaired) electrons. The summed E-state index contributed by atoms with van der Waals surface area (Å²) in [6.45, 7) is 5.70. The average molecular weight is 641 g/mol. The van der Waals surface area contributed by atoms with Crippen LogP contribution in [0.25, 0.3) is 22.3 Å². The molecule has 0 bridgehead atoms. The molecule has 0 saturated carbocycles. The van der Waals surface area contributed by atoms with Crippen molar-refractivity contribution in [2.45, 2.75) is 40.3 Å². The molecule has 6 aromatic rings. The van der Waals surface area contributed by atoms with Crippen LogP contribution in [0.4, 0.5) is 13.2 Å². The van der Waals surface area contributed by atoms with Crippen LogP contribution < -0.4 is 10.3 Å². The van der Waals surface area contributed by atoms with E-state index in [2.05, 4.69) is 15.0 Å². The minimum Gasteiger partial charge on any atom is -0.478 e. The number of imidazole rings is 1. The van der Waals surface area contributed by atoms with Crippen molar-refractivity contribution in [1.82, 2.24) is 19.5 Å². The summed E-state index contributed by atoms with van der Waals surface area (Å²) in [4.78, 5) is 35.5. The molecule has 0 amide bonds. The first-order valence-electron chi connectivity index (χ1n) is 14.9. The van der Waals surface area contributed by atoms with Crippen molar-refractivity contribution >= 4 is 17.0 Å². The number of hydrogen-bond acceptors (Lipinski definition) is 5. The van der Waals surface area contributed by atoms with Crippen molar-refractivity contribution in [2.24, 2.45) is 0 Å². The Balaban J connectivity index is 0.00000213. The second-order valence-corrected chi connectivity index (χ2v) is 10.5. The number of aromatic carboxylic acids is 1. The van der Waals surface area contributed by atoms with Gasteiger partial charge in [-0.2, -0.15) is 0 Å². The second kappa shape index (κ2) is 14.2. The number of carbonyl (C=O) groups is 1. The maximum atomic E-state index is 15.6. The lowest BCUT2D eigenvalue weighted by molar-refractivity contribution is 0.0697. The number of aryl methyl sites for hydroxylation is 1. The first-order valence-corrected chi connectivity index (χ1v) is 14.9. The van der Waals surface area contributed by atoms with E-state index in [1.165, 1.54) is 42.6 Å². The van der Waals surface area contributed by atoms with Gasteiger partial charge in [-0.15, -0.1) is 0 Å². The molecule has 2 N–H and O–H groups in total. The molecule has 0 aliphatic rings. The molecule has 0 aliphatic carbocycles. The fourth-order valence-corrected chi connectivity index (χ4v) is 5.02. The van der Waals surface area contributed by atoms with E-state index >= 15 is 8.78 Å². The Bertz CT molecular complexity index is 2140. The lowest BCUT2D eigenvalue weighted by Crippen LogP contribution is -2.16. The molecule has 0 saturated heterocycles. The number of pyridine rings is 2. The molecular formula is C36H31F3N4O4. The van der Waals surface area contributed by atoms with E-state index in [4.69, 9.17) is 4.74 Å². The smallest absolute Gasteiger partial charge is 0.335 e. The molecule has 3 aromatic carbocycles. The monoisotopic (exact) mass is 640 g/mol. The Morgan fingerprint density at radius 2 is 1.66 bits per heavy atom. The molecule has 0 unspecified atom stereocenters. The maximum absolute atomic E-state index is 15.6. The fourth-order valence-electron chi connectivity index (χ4n) is 5.02. The maximum Gasteiger partial charge on any atom is 0.335 e. The number of nitrogens with one attached hydrogen (secondary N) is 1. The highest BCUT2D eigenvalue weighted by molar-refractivity contribution is 5.92. The number of hydrogen-bond donors (Lipinski definition) is 2. The first kappa shape index (κ1) is 32.7. The largest absolute Gasteiger partial charge is 0.478 e. The van der Waals surface area contributed by atoms with Gasteiger partial charge in [0.2, 0.25) is 5.88 Å². The number of carboxylic acids is 1. The summed E-state index contributed by atoms with van der Waals surface area (Å²) in [7, 11) is 0. The molecular weight excluding hydrogens is 609 g/mol. The van der Waals surface area contributed by atoms with Crippen LogP contribution >= 0.6 is 0 Å². The zero-order valence-corrected chi connectivity index (χ0v) is 25.9. The van der Waals surface area contributed by atoms with Crippen molar-refractivity contribution in [2.75, 3.05) is 0 Å². The van der Waals surface area contributed by atoms with Crippen LogP contribution in [0.5, 0.6) is 5.88 Å². The number of carboxylic acid groups (broad SMARTS) is 1. The first-order chi connectivity index (χ1) is 22.7. The van der Waals surface area contributed by atoms with Crippen LogP contribution in [0.15, 0.2) is 89.9 Å². The number of fused-ring (bicyclic) bond motifs is 1. The van der Waals surface area contributed by atoms with Crippen LogP contribution in [-0.4, -0.2) is 30.6 Å². The lowest BCUT2D eigenvalue weighted by Gasteiger charge is -2.12. The molecule has 11 heteroatoms. The molecule has 3 aromatic heterocycles. The van der Waals surface area contributed by atoms with E-state index in [0.29, 0.717) is 28.0 Å². The third kappa shape index (κ3) is 7.25. The van der Waals surface area contributed by atoms with Gasteiger partial charge in [-0.25, -0.2) is 27.9 Å². The van der Waals surface area contributed by atoms with Crippen molar-refractivity contribution in [3.05, 3.63) is 147 Å². The Labute approximate surface area is 268 Å². The SMILES string of the molecule is CC.Cc1ccc(COc2cccc(-c3cc(F)c(Cc4nc5ccc(C(=O)O)cc5n4Cc4ccc[nH]c4=O)cc3F)n2)c(F)c1. The van der Waals surface area contributed by atoms with Gasteiger partial charge in [0, 0.05) is 35.4 Å². The van der Waals surface area contributed by atoms with Crippen LogP contribution in [0.2, 0.25) is 0 Å². The van der Waals surface area contributed by atoms with E-state index in [0.717, 1.165) is 17.7 Å². The standard InChI is InChI=1S/C34H25F3N4O4.C2H6/c1-19-7-8-22(25(35)12-19)18-45-32-6-2-5-28(40-32)24-16-26(36)23(13-27(24)37)15-31-39-29-10-9-20(34(43)44)14-30(29)41(31)17-21-4-3-11-38-33(21)42;1-2/h2-14,16H,15,17-18H2,1H3,(H,38,42)(H,43,44);1-2H3. The third-order valence-electron chi connectivity index (χ3n) is 7.37. The number of benzene rings is 3. The fraction of sp³-hybridized carbons (Fsp3) is 0.167. The summed E-state index contributed by atoms with van der Waals surface area (Å²) in [5.41, 5.74) is 2.03. The topological polar surface area (TPSA) is 110 Å². The zero-order valence-electron chi connectivity index (χ0n) is 25.9. The summed E-state index contributed by atoms with van der Waals surface area (Å²) in [6.07, 6.45) is 1.34. The number of H-pyrrole nitrogens is 1. The lowest BCUT2D eigenvalue weighted by atomic mass is 10.0. The Morgan fingerprint density at radius 3 is 2.40 bits per heavy atom. The number of rotatable bonds is 9. The quantitative estimate of drug-likeness (QED) is 0.170. The van der Waals surface area contributed by atoms with E-state index in [1.807, 2.05) is 13.8 Å². The predicted octanol–water partition coefficient (Wildman–Crippen LogP) is 7.45. The highest BCUT2D eigenvalue weighted by atomic mass is 19.1. The number of aromatic nitrogens is 4. The highest BCUT2D eigenvalue weighted by Crippen LogP contribution is 2.28. The minimum absolute atomic E-state index is 0.00418. The number of nitrogens with zero attached hydrogens (tertiary/aromatic N) is 3. The second-order valence-electron chi connectivity index (χ2n) is 10.5. The van der Waals surface area contributed by atoms with Gasteiger partial charge in [-0.3, -0.25) is 4.79 Å². The highest BCUT2D eigenvalue weighted by Gasteiger charge is 2.19. The predicted molar refractivity (Wildman–Crippen MR) is 172 cm³/mol.